The SMILES string of the molecule is COC(Cn1nnnc1SC(C)C(=O)NC1CC1)OC. The van der Waals surface area contributed by atoms with Gasteiger partial charge in [-0.2, -0.15) is 0 Å². The van der Waals surface area contributed by atoms with Crippen molar-refractivity contribution in [3.8, 4) is 0 Å². The molecule has 1 aliphatic rings. The molecule has 1 heterocycles. The van der Waals surface area contributed by atoms with Gasteiger partial charge in [0, 0.05) is 20.3 Å². The molecule has 0 spiro atoms. The lowest BCUT2D eigenvalue weighted by atomic mass is 10.4. The number of nitrogens with one attached hydrogen (secondary N) is 1. The number of aromatic nitrogens is 4. The number of carbonyl (C=O) groups excluding carboxylic acids is 1. The summed E-state index contributed by atoms with van der Waals surface area (Å²) < 4.78 is 11.8. The van der Waals surface area contributed by atoms with Crippen LogP contribution in [0.3, 0.4) is 0 Å². The summed E-state index contributed by atoms with van der Waals surface area (Å²) in [4.78, 5) is 11.9. The van der Waals surface area contributed by atoms with Gasteiger partial charge in [0.15, 0.2) is 6.29 Å². The maximum absolute atomic E-state index is 11.9. The van der Waals surface area contributed by atoms with Gasteiger partial charge in [-0.3, -0.25) is 4.79 Å². The topological polar surface area (TPSA) is 91.2 Å². The molecule has 0 bridgehead atoms. The molecule has 1 aromatic rings. The first kappa shape index (κ1) is 15.2. The van der Waals surface area contributed by atoms with Gasteiger partial charge in [-0.1, -0.05) is 11.8 Å². The average Bonchev–Trinajstić information content (AvgIpc) is 3.15. The van der Waals surface area contributed by atoms with E-state index in [0.29, 0.717) is 17.7 Å². The molecule has 1 aliphatic carbocycles. The minimum atomic E-state index is -0.423. The molecule has 1 aromatic heterocycles. The molecule has 0 saturated heterocycles. The van der Waals surface area contributed by atoms with Crippen LogP contribution in [0, 0.1) is 0 Å². The molecular formula is C11H19N5O3S. The lowest BCUT2D eigenvalue weighted by Crippen LogP contribution is -2.32. The zero-order valence-corrected chi connectivity index (χ0v) is 12.6. The van der Waals surface area contributed by atoms with Crippen LogP contribution in [0.15, 0.2) is 5.16 Å². The van der Waals surface area contributed by atoms with Gasteiger partial charge in [0.25, 0.3) is 0 Å². The van der Waals surface area contributed by atoms with E-state index in [4.69, 9.17) is 9.47 Å². The van der Waals surface area contributed by atoms with E-state index in [1.54, 1.807) is 18.9 Å². The molecule has 2 rings (SSSR count). The van der Waals surface area contributed by atoms with E-state index >= 15 is 0 Å². The maximum Gasteiger partial charge on any atom is 0.233 e. The fourth-order valence-electron chi connectivity index (χ4n) is 1.54. The monoisotopic (exact) mass is 301 g/mol. The Bertz CT molecular complexity index is 447. The summed E-state index contributed by atoms with van der Waals surface area (Å²) in [6.45, 7) is 2.21. The fourth-order valence-corrected chi connectivity index (χ4v) is 2.35. The first-order valence-corrected chi connectivity index (χ1v) is 7.30. The Morgan fingerprint density at radius 3 is 2.80 bits per heavy atom. The molecular weight excluding hydrogens is 282 g/mol. The molecule has 1 saturated carbocycles. The average molecular weight is 301 g/mol. The van der Waals surface area contributed by atoms with Gasteiger partial charge >= 0.3 is 0 Å². The molecule has 9 heteroatoms. The molecule has 1 atom stereocenters. The summed E-state index contributed by atoms with van der Waals surface area (Å²) in [6.07, 6.45) is 1.72. The van der Waals surface area contributed by atoms with Crippen LogP contribution in [0.25, 0.3) is 0 Å². The molecule has 1 N–H and O–H groups in total. The largest absolute Gasteiger partial charge is 0.354 e. The van der Waals surface area contributed by atoms with Crippen molar-refractivity contribution in [1.82, 2.24) is 25.5 Å². The Kier molecular flexibility index (Phi) is 5.32. The quantitative estimate of drug-likeness (QED) is 0.536. The van der Waals surface area contributed by atoms with Crippen LogP contribution in [0.5, 0.6) is 0 Å². The van der Waals surface area contributed by atoms with Crippen LogP contribution >= 0.6 is 11.8 Å². The Morgan fingerprint density at radius 2 is 2.20 bits per heavy atom. The number of tetrazole rings is 1. The van der Waals surface area contributed by atoms with Crippen molar-refractivity contribution in [2.75, 3.05) is 14.2 Å². The van der Waals surface area contributed by atoms with Crippen LogP contribution in [-0.2, 0) is 20.8 Å². The maximum atomic E-state index is 11.9. The van der Waals surface area contributed by atoms with Crippen LogP contribution in [0.2, 0.25) is 0 Å². The van der Waals surface area contributed by atoms with E-state index in [2.05, 4.69) is 20.8 Å². The van der Waals surface area contributed by atoms with Crippen molar-refractivity contribution in [1.29, 1.82) is 0 Å². The zero-order chi connectivity index (χ0) is 14.5. The third kappa shape index (κ3) is 4.15. The third-order valence-electron chi connectivity index (χ3n) is 2.92. The normalized spacial score (nSPS) is 16.4. The molecule has 112 valence electrons. The van der Waals surface area contributed by atoms with Gasteiger partial charge in [0.05, 0.1) is 11.8 Å². The minimum Gasteiger partial charge on any atom is -0.354 e. The van der Waals surface area contributed by atoms with E-state index in [-0.39, 0.29) is 11.2 Å². The number of amides is 1. The third-order valence-corrected chi connectivity index (χ3v) is 3.99. The first-order valence-electron chi connectivity index (χ1n) is 6.42. The molecule has 0 aromatic carbocycles. The number of rotatable bonds is 8. The number of nitrogens with zero attached hydrogens (tertiary/aromatic N) is 4. The van der Waals surface area contributed by atoms with Crippen LogP contribution in [-0.4, -0.2) is 57.9 Å². The molecule has 20 heavy (non-hydrogen) atoms. The second kappa shape index (κ2) is 7.00. The first-order chi connectivity index (χ1) is 9.63. The lowest BCUT2D eigenvalue weighted by Gasteiger charge is -2.14. The van der Waals surface area contributed by atoms with Gasteiger partial charge < -0.3 is 14.8 Å². The van der Waals surface area contributed by atoms with E-state index in [1.807, 2.05) is 6.92 Å². The number of carbonyl (C=O) groups is 1. The number of thioether (sulfide) groups is 1. The van der Waals surface area contributed by atoms with E-state index in [1.165, 1.54) is 11.8 Å². The number of methoxy groups -OCH3 is 2. The molecule has 1 unspecified atom stereocenters. The van der Waals surface area contributed by atoms with Crippen LogP contribution in [0.4, 0.5) is 0 Å². The van der Waals surface area contributed by atoms with Crippen molar-refractivity contribution in [3.63, 3.8) is 0 Å². The Hall–Kier alpha value is -1.19. The molecule has 0 aliphatic heterocycles. The van der Waals surface area contributed by atoms with Crippen LogP contribution < -0.4 is 5.32 Å². The Balaban J connectivity index is 1.91. The van der Waals surface area contributed by atoms with E-state index in [0.717, 1.165) is 12.8 Å². The van der Waals surface area contributed by atoms with Crippen molar-refractivity contribution in [3.05, 3.63) is 0 Å². The summed E-state index contributed by atoms with van der Waals surface area (Å²) >= 11 is 1.32. The highest BCUT2D eigenvalue weighted by molar-refractivity contribution is 8.00. The summed E-state index contributed by atoms with van der Waals surface area (Å²) in [6, 6.07) is 0.355. The predicted molar refractivity (Wildman–Crippen MR) is 72.1 cm³/mol. The lowest BCUT2D eigenvalue weighted by molar-refractivity contribution is -0.120. The summed E-state index contributed by atoms with van der Waals surface area (Å²) in [5, 5.41) is 14.7. The highest BCUT2D eigenvalue weighted by Crippen LogP contribution is 2.23. The summed E-state index contributed by atoms with van der Waals surface area (Å²) in [5.41, 5.74) is 0. The van der Waals surface area contributed by atoms with Crippen LogP contribution in [0.1, 0.15) is 19.8 Å². The predicted octanol–water partition coefficient (Wildman–Crippen LogP) is 0.0512. The van der Waals surface area contributed by atoms with Crippen molar-refractivity contribution >= 4 is 17.7 Å². The van der Waals surface area contributed by atoms with E-state index < -0.39 is 6.29 Å². The standard InChI is InChI=1S/C11H19N5O3S/c1-7(10(17)12-8-4-5-8)20-11-13-14-15-16(11)6-9(18-2)19-3/h7-9H,4-6H2,1-3H3,(H,12,17). The molecule has 1 amide bonds. The summed E-state index contributed by atoms with van der Waals surface area (Å²) in [5.74, 6) is 0.0158. The van der Waals surface area contributed by atoms with Crippen molar-refractivity contribution in [2.24, 2.45) is 0 Å². The van der Waals surface area contributed by atoms with Gasteiger partial charge in [0.1, 0.15) is 0 Å². The van der Waals surface area contributed by atoms with Crippen molar-refractivity contribution in [2.45, 2.75) is 49.0 Å². The van der Waals surface area contributed by atoms with Gasteiger partial charge in [0.2, 0.25) is 11.1 Å². The zero-order valence-electron chi connectivity index (χ0n) is 11.8. The second-order valence-corrected chi connectivity index (χ2v) is 5.90. The second-order valence-electron chi connectivity index (χ2n) is 4.59. The molecule has 1 fully saturated rings. The highest BCUT2D eigenvalue weighted by Gasteiger charge is 2.27. The highest BCUT2D eigenvalue weighted by atomic mass is 32.2. The Morgan fingerprint density at radius 1 is 1.50 bits per heavy atom. The molecule has 8 nitrogen and oxygen atoms in total. The Labute approximate surface area is 121 Å². The summed E-state index contributed by atoms with van der Waals surface area (Å²) in [7, 11) is 3.11. The number of hydrogen-bond acceptors (Lipinski definition) is 7. The number of hydrogen-bond donors (Lipinski definition) is 1. The van der Waals surface area contributed by atoms with Gasteiger partial charge in [-0.25, -0.2) is 4.68 Å². The minimum absolute atomic E-state index is 0.0158. The van der Waals surface area contributed by atoms with Gasteiger partial charge in [-0.05, 0) is 30.2 Å². The van der Waals surface area contributed by atoms with Gasteiger partial charge in [-0.15, -0.1) is 5.10 Å². The smallest absolute Gasteiger partial charge is 0.233 e. The number of ether oxygens (including phenoxy) is 2. The van der Waals surface area contributed by atoms with E-state index in [9.17, 15) is 4.79 Å². The fraction of sp³-hybridized carbons (Fsp3) is 0.818. The molecule has 0 radical (unpaired) electrons. The van der Waals surface area contributed by atoms with Crippen molar-refractivity contribution < 1.29 is 14.3 Å².